The normalized spacial score (nSPS) is 14.9. The third kappa shape index (κ3) is 4.87. The van der Waals surface area contributed by atoms with Crippen molar-refractivity contribution in [2.45, 2.75) is 32.8 Å². The largest absolute Gasteiger partial charge is 0.476 e. The van der Waals surface area contributed by atoms with Crippen LogP contribution in [-0.2, 0) is 35.9 Å². The van der Waals surface area contributed by atoms with Gasteiger partial charge in [0.1, 0.15) is 0 Å². The van der Waals surface area contributed by atoms with Crippen LogP contribution < -0.4 is 9.47 Å². The molecule has 10 nitrogen and oxygen atoms in total. The number of aromatic nitrogens is 6. The monoisotopic (exact) mass is 646 g/mol. The highest BCUT2D eigenvalue weighted by molar-refractivity contribution is 6.10. The first-order chi connectivity index (χ1) is 24.2. The maximum Gasteiger partial charge on any atom is 0.232 e. The van der Waals surface area contributed by atoms with E-state index in [0.717, 1.165) is 65.9 Å². The van der Waals surface area contributed by atoms with Crippen molar-refractivity contribution in [2.75, 3.05) is 13.2 Å². The summed E-state index contributed by atoms with van der Waals surface area (Å²) < 4.78 is 28.8. The SMILES string of the molecule is c1cc2c3cc1COCc1ccc4c(c1)c1cc5ccc1n4-c1cnc(cn1)OCCCOc1cnc(cn1)-n2c1ccc(cc31)COC5. The van der Waals surface area contributed by atoms with E-state index in [9.17, 15) is 0 Å². The lowest BCUT2D eigenvalue weighted by atomic mass is 10.1. The highest BCUT2D eigenvalue weighted by Crippen LogP contribution is 2.35. The van der Waals surface area contributed by atoms with Gasteiger partial charge in [-0.05, 0) is 70.8 Å². The van der Waals surface area contributed by atoms with Crippen LogP contribution in [0.15, 0.2) is 97.6 Å². The second kappa shape index (κ2) is 11.4. The first-order valence-corrected chi connectivity index (χ1v) is 16.4. The van der Waals surface area contributed by atoms with Crippen molar-refractivity contribution in [1.29, 1.82) is 0 Å². The van der Waals surface area contributed by atoms with Gasteiger partial charge in [0, 0.05) is 28.0 Å². The van der Waals surface area contributed by atoms with Gasteiger partial charge in [-0.1, -0.05) is 24.3 Å². The van der Waals surface area contributed by atoms with Crippen molar-refractivity contribution < 1.29 is 18.9 Å². The zero-order chi connectivity index (χ0) is 32.3. The van der Waals surface area contributed by atoms with Gasteiger partial charge < -0.3 is 18.9 Å². The van der Waals surface area contributed by atoms with Crippen LogP contribution in [-0.4, -0.2) is 42.3 Å². The molecule has 18 bridgehead atoms. The summed E-state index contributed by atoms with van der Waals surface area (Å²) in [6.07, 6.45) is 7.51. The van der Waals surface area contributed by atoms with Gasteiger partial charge in [-0.2, -0.15) is 0 Å². The minimum atomic E-state index is 0.427. The molecular weight excluding hydrogens is 616 g/mol. The average Bonchev–Trinajstić information content (AvgIpc) is 3.63. The van der Waals surface area contributed by atoms with E-state index in [1.165, 1.54) is 0 Å². The van der Waals surface area contributed by atoms with Crippen LogP contribution in [0.25, 0.3) is 55.2 Å². The average molecular weight is 647 g/mol. The molecule has 0 aliphatic carbocycles. The Balaban J connectivity index is 1.16. The van der Waals surface area contributed by atoms with Gasteiger partial charge in [-0.3, -0.25) is 9.13 Å². The maximum absolute atomic E-state index is 6.35. The van der Waals surface area contributed by atoms with Crippen molar-refractivity contribution in [3.63, 3.8) is 0 Å². The van der Waals surface area contributed by atoms with Crippen LogP contribution in [0.1, 0.15) is 28.7 Å². The number of nitrogens with zero attached hydrogens (tertiary/aromatic N) is 6. The van der Waals surface area contributed by atoms with Crippen molar-refractivity contribution >= 4 is 43.6 Å². The fourth-order valence-electron chi connectivity index (χ4n) is 7.07. The van der Waals surface area contributed by atoms with E-state index in [1.807, 2.05) is 0 Å². The van der Waals surface area contributed by atoms with Crippen LogP contribution in [0.4, 0.5) is 0 Å². The fourth-order valence-corrected chi connectivity index (χ4v) is 7.07. The number of benzene rings is 4. The van der Waals surface area contributed by atoms with Gasteiger partial charge in [-0.15, -0.1) is 0 Å². The number of hydrogen-bond donors (Lipinski definition) is 0. The molecule has 4 aromatic carbocycles. The smallest absolute Gasteiger partial charge is 0.232 e. The van der Waals surface area contributed by atoms with E-state index in [0.29, 0.717) is 69.5 Å². The summed E-state index contributed by atoms with van der Waals surface area (Å²) in [6.45, 7) is 2.76. The molecule has 13 aliphatic rings. The molecule has 0 amide bonds. The third-order valence-electron chi connectivity index (χ3n) is 9.34. The van der Waals surface area contributed by atoms with Crippen LogP contribution >= 0.6 is 0 Å². The lowest BCUT2D eigenvalue weighted by molar-refractivity contribution is 0.107. The predicted molar refractivity (Wildman–Crippen MR) is 185 cm³/mol. The standard InChI is InChI=1S/C39H30N6O4/c1-10-48-38-18-40-36(16-42-38)44-32-6-2-24-12-28(32)29-13-26(3-7-33(29)44)22-47-23-27-5-9-35-31(15-27)30-14-25(21-46-20-24)4-8-34(30)45(35)37-17-43-39(19-41-37)49-11-1/h2-9,12-19H,1,10-11,20-23H2. The highest BCUT2D eigenvalue weighted by Gasteiger charge is 2.18. The molecule has 0 N–H and O–H groups in total. The van der Waals surface area contributed by atoms with Gasteiger partial charge in [-0.25, -0.2) is 19.9 Å². The Hall–Kier alpha value is -5.84. The summed E-state index contributed by atoms with van der Waals surface area (Å²) in [5, 5.41) is 4.49. The Kier molecular flexibility index (Phi) is 6.56. The van der Waals surface area contributed by atoms with E-state index < -0.39 is 0 Å². The van der Waals surface area contributed by atoms with Crippen molar-refractivity contribution in [3.05, 3.63) is 120 Å². The zero-order valence-electron chi connectivity index (χ0n) is 26.5. The Bertz CT molecular complexity index is 2240. The molecule has 17 heterocycles. The number of hydrogen-bond acceptors (Lipinski definition) is 8. The van der Waals surface area contributed by atoms with Crippen molar-refractivity contribution in [1.82, 2.24) is 29.1 Å². The maximum atomic E-state index is 6.35. The number of ether oxygens (including phenoxy) is 4. The molecule has 240 valence electrons. The highest BCUT2D eigenvalue weighted by atomic mass is 16.5. The molecule has 8 aromatic rings. The lowest BCUT2D eigenvalue weighted by Gasteiger charge is -2.11. The van der Waals surface area contributed by atoms with E-state index in [2.05, 4.69) is 91.9 Å². The molecular formula is C39H30N6O4. The summed E-state index contributed by atoms with van der Waals surface area (Å²) in [5.74, 6) is 2.34. The molecule has 0 saturated carbocycles. The van der Waals surface area contributed by atoms with Crippen molar-refractivity contribution in [2.24, 2.45) is 0 Å². The molecule has 4 aromatic heterocycles. The third-order valence-corrected chi connectivity index (χ3v) is 9.34. The first kappa shape index (κ1) is 28.2. The molecule has 0 unspecified atom stereocenters. The quantitative estimate of drug-likeness (QED) is 0.169. The Morgan fingerprint density at radius 3 is 1.12 bits per heavy atom. The molecule has 10 heteroatoms. The van der Waals surface area contributed by atoms with Crippen LogP contribution in [0.3, 0.4) is 0 Å². The van der Waals surface area contributed by atoms with Gasteiger partial charge in [0.2, 0.25) is 11.8 Å². The minimum Gasteiger partial charge on any atom is -0.476 e. The van der Waals surface area contributed by atoms with Crippen LogP contribution in [0, 0.1) is 0 Å². The van der Waals surface area contributed by atoms with Crippen molar-refractivity contribution in [3.8, 4) is 23.4 Å². The van der Waals surface area contributed by atoms with E-state index >= 15 is 0 Å². The van der Waals surface area contributed by atoms with Gasteiger partial charge >= 0.3 is 0 Å². The molecule has 49 heavy (non-hydrogen) atoms. The van der Waals surface area contributed by atoms with Gasteiger partial charge in [0.15, 0.2) is 11.6 Å². The molecule has 0 saturated heterocycles. The topological polar surface area (TPSA) is 98.3 Å². The Labute approximate surface area is 280 Å². The molecule has 0 radical (unpaired) electrons. The minimum absolute atomic E-state index is 0.427. The summed E-state index contributed by atoms with van der Waals surface area (Å²) in [6, 6.07) is 26.0. The zero-order valence-corrected chi connectivity index (χ0v) is 26.5. The summed E-state index contributed by atoms with van der Waals surface area (Å²) in [5.41, 5.74) is 8.55. The molecule has 0 atom stereocenters. The molecule has 21 rings (SSSR count). The van der Waals surface area contributed by atoms with Gasteiger partial charge in [0.05, 0.1) is 86.5 Å². The van der Waals surface area contributed by atoms with Crippen LogP contribution in [0.5, 0.6) is 11.8 Å². The second-order valence-corrected chi connectivity index (χ2v) is 12.5. The number of rotatable bonds is 0. The molecule has 13 aliphatic heterocycles. The summed E-state index contributed by atoms with van der Waals surface area (Å²) in [7, 11) is 0. The fraction of sp³-hybridized carbons (Fsp3) is 0.179. The van der Waals surface area contributed by atoms with E-state index in [-0.39, 0.29) is 0 Å². The molecule has 0 spiro atoms. The second-order valence-electron chi connectivity index (χ2n) is 12.5. The molecule has 0 fully saturated rings. The van der Waals surface area contributed by atoms with E-state index in [4.69, 9.17) is 28.9 Å². The first-order valence-electron chi connectivity index (χ1n) is 16.4. The van der Waals surface area contributed by atoms with Gasteiger partial charge in [0.25, 0.3) is 0 Å². The summed E-state index contributed by atoms with van der Waals surface area (Å²) in [4.78, 5) is 18.7. The van der Waals surface area contributed by atoms with Crippen LogP contribution in [0.2, 0.25) is 0 Å². The summed E-state index contributed by atoms with van der Waals surface area (Å²) >= 11 is 0. The Morgan fingerprint density at radius 2 is 0.796 bits per heavy atom. The Morgan fingerprint density at radius 1 is 0.429 bits per heavy atom. The lowest BCUT2D eigenvalue weighted by Crippen LogP contribution is -2.08. The predicted octanol–water partition coefficient (Wildman–Crippen LogP) is 7.37. The van der Waals surface area contributed by atoms with E-state index in [1.54, 1.807) is 24.8 Å².